The van der Waals surface area contributed by atoms with E-state index in [0.717, 1.165) is 0 Å². The molecule has 0 nitrogen and oxygen atoms in total. The highest BCUT2D eigenvalue weighted by Gasteiger charge is 1.98. The fraction of sp³-hybridized carbons (Fsp3) is 0.273. The van der Waals surface area contributed by atoms with E-state index in [4.69, 9.17) is 0 Å². The molecular weight excluding hydrogens is 132 g/mol. The quantitative estimate of drug-likeness (QED) is 0.514. The van der Waals surface area contributed by atoms with Crippen LogP contribution >= 0.6 is 0 Å². The summed E-state index contributed by atoms with van der Waals surface area (Å²) in [6.45, 7) is 2.26. The first-order chi connectivity index (χ1) is 5.36. The van der Waals surface area contributed by atoms with Crippen LogP contribution in [0.25, 0.3) is 12.2 Å². The fourth-order valence-electron chi connectivity index (χ4n) is 1.54. The number of rotatable bonds is 0. The Morgan fingerprint density at radius 1 is 1.18 bits per heavy atom. The average molecular weight is 144 g/mol. The summed E-state index contributed by atoms with van der Waals surface area (Å²) in [5.41, 5.74) is 0. The zero-order valence-electron chi connectivity index (χ0n) is 6.75. The number of fused-ring (bicyclic) bond motifs is 1. The maximum atomic E-state index is 2.34. The molecule has 1 unspecified atom stereocenters. The van der Waals surface area contributed by atoms with E-state index in [1.807, 2.05) is 0 Å². The predicted molar refractivity (Wildman–Crippen MR) is 48.4 cm³/mol. The van der Waals surface area contributed by atoms with Crippen LogP contribution in [-0.4, -0.2) is 0 Å². The predicted octanol–water partition coefficient (Wildman–Crippen LogP) is 1.29. The van der Waals surface area contributed by atoms with Crippen LogP contribution in [0.3, 0.4) is 0 Å². The third-order valence-corrected chi connectivity index (χ3v) is 2.17. The lowest BCUT2D eigenvalue weighted by atomic mass is 9.99. The Morgan fingerprint density at radius 3 is 2.73 bits per heavy atom. The summed E-state index contributed by atoms with van der Waals surface area (Å²) in [5, 5.41) is 2.79. The molecule has 1 aromatic carbocycles. The van der Waals surface area contributed by atoms with Gasteiger partial charge in [-0.05, 0) is 22.8 Å². The van der Waals surface area contributed by atoms with E-state index >= 15 is 0 Å². The minimum Gasteiger partial charge on any atom is -0.0761 e. The Balaban J connectivity index is 2.73. The zero-order valence-corrected chi connectivity index (χ0v) is 6.75. The van der Waals surface area contributed by atoms with E-state index < -0.39 is 0 Å². The van der Waals surface area contributed by atoms with E-state index in [9.17, 15) is 0 Å². The molecule has 0 saturated heterocycles. The second kappa shape index (κ2) is 2.54. The first-order valence-electron chi connectivity index (χ1n) is 4.13. The number of hydrogen-bond acceptors (Lipinski definition) is 0. The van der Waals surface area contributed by atoms with Gasteiger partial charge in [0.25, 0.3) is 0 Å². The summed E-state index contributed by atoms with van der Waals surface area (Å²) in [4.78, 5) is 0. The second-order valence-electron chi connectivity index (χ2n) is 3.21. The van der Waals surface area contributed by atoms with Crippen LogP contribution in [0.5, 0.6) is 0 Å². The maximum Gasteiger partial charge on any atom is -0.0218 e. The smallest absolute Gasteiger partial charge is 0.0218 e. The molecule has 2 rings (SSSR count). The van der Waals surface area contributed by atoms with Crippen LogP contribution in [0.15, 0.2) is 24.3 Å². The van der Waals surface area contributed by atoms with Gasteiger partial charge in [0.1, 0.15) is 0 Å². The third-order valence-electron chi connectivity index (χ3n) is 2.17. The molecule has 11 heavy (non-hydrogen) atoms. The molecule has 1 aliphatic rings. The molecule has 0 fully saturated rings. The maximum absolute atomic E-state index is 2.34. The van der Waals surface area contributed by atoms with Crippen molar-refractivity contribution in [2.24, 2.45) is 5.92 Å². The van der Waals surface area contributed by atoms with E-state index in [1.165, 1.54) is 16.9 Å². The molecule has 0 amide bonds. The fourth-order valence-corrected chi connectivity index (χ4v) is 1.54. The lowest BCUT2D eigenvalue weighted by Crippen LogP contribution is -2.27. The van der Waals surface area contributed by atoms with Gasteiger partial charge >= 0.3 is 0 Å². The Kier molecular flexibility index (Phi) is 1.54. The minimum atomic E-state index is 0.713. The van der Waals surface area contributed by atoms with Crippen LogP contribution in [0, 0.1) is 5.92 Å². The van der Waals surface area contributed by atoms with Crippen LogP contribution in [0.1, 0.15) is 13.3 Å². The molecule has 0 spiro atoms. The van der Waals surface area contributed by atoms with Crippen LogP contribution in [0.2, 0.25) is 0 Å². The molecule has 0 heteroatoms. The van der Waals surface area contributed by atoms with Crippen molar-refractivity contribution < 1.29 is 0 Å². The van der Waals surface area contributed by atoms with Crippen LogP contribution < -0.4 is 10.4 Å². The molecular formula is C11H12. The second-order valence-corrected chi connectivity index (χ2v) is 3.21. The number of benzene rings is 1. The Hall–Kier alpha value is -1.04. The van der Waals surface area contributed by atoms with E-state index in [1.54, 1.807) is 0 Å². The average Bonchev–Trinajstić information content (AvgIpc) is 2.04. The van der Waals surface area contributed by atoms with Crippen LogP contribution in [-0.2, 0) is 0 Å². The monoisotopic (exact) mass is 144 g/mol. The molecule has 1 aromatic rings. The van der Waals surface area contributed by atoms with Gasteiger partial charge in [0, 0.05) is 0 Å². The molecule has 0 saturated carbocycles. The molecule has 1 aliphatic carbocycles. The summed E-state index contributed by atoms with van der Waals surface area (Å²) in [6.07, 6.45) is 5.85. The van der Waals surface area contributed by atoms with Gasteiger partial charge in [0.2, 0.25) is 0 Å². The lowest BCUT2D eigenvalue weighted by molar-refractivity contribution is 0.800. The Bertz CT molecular complexity index is 360. The molecule has 0 aromatic heterocycles. The van der Waals surface area contributed by atoms with Crippen LogP contribution in [0.4, 0.5) is 0 Å². The van der Waals surface area contributed by atoms with Crippen molar-refractivity contribution in [2.75, 3.05) is 0 Å². The minimum absolute atomic E-state index is 0.713. The number of hydrogen-bond donors (Lipinski definition) is 0. The summed E-state index contributed by atoms with van der Waals surface area (Å²) < 4.78 is 0. The van der Waals surface area contributed by atoms with Gasteiger partial charge in [-0.15, -0.1) is 0 Å². The first kappa shape index (κ1) is 6.66. The van der Waals surface area contributed by atoms with Crippen molar-refractivity contribution in [3.8, 4) is 0 Å². The molecule has 0 radical (unpaired) electrons. The summed E-state index contributed by atoms with van der Waals surface area (Å²) in [7, 11) is 0. The third kappa shape index (κ3) is 1.21. The van der Waals surface area contributed by atoms with Gasteiger partial charge in [-0.2, -0.15) is 0 Å². The van der Waals surface area contributed by atoms with Crippen molar-refractivity contribution in [1.29, 1.82) is 0 Å². The molecule has 0 heterocycles. The van der Waals surface area contributed by atoms with Crippen molar-refractivity contribution in [2.45, 2.75) is 13.3 Å². The van der Waals surface area contributed by atoms with Gasteiger partial charge in [0.05, 0.1) is 0 Å². The summed E-state index contributed by atoms with van der Waals surface area (Å²) in [6, 6.07) is 8.56. The highest BCUT2D eigenvalue weighted by atomic mass is 14.0. The normalized spacial score (nSPS) is 21.4. The molecule has 0 aliphatic heterocycles. The highest BCUT2D eigenvalue weighted by molar-refractivity contribution is 5.39. The summed E-state index contributed by atoms with van der Waals surface area (Å²) in [5.74, 6) is 0.713. The van der Waals surface area contributed by atoms with E-state index in [0.29, 0.717) is 5.92 Å². The van der Waals surface area contributed by atoms with E-state index in [-0.39, 0.29) is 0 Å². The molecule has 56 valence electrons. The Morgan fingerprint density at radius 2 is 1.91 bits per heavy atom. The van der Waals surface area contributed by atoms with Gasteiger partial charge in [-0.3, -0.25) is 0 Å². The zero-order chi connectivity index (χ0) is 7.68. The van der Waals surface area contributed by atoms with E-state index in [2.05, 4.69) is 43.3 Å². The summed E-state index contributed by atoms with van der Waals surface area (Å²) >= 11 is 0. The van der Waals surface area contributed by atoms with Gasteiger partial charge in [-0.25, -0.2) is 0 Å². The van der Waals surface area contributed by atoms with Crippen molar-refractivity contribution in [3.63, 3.8) is 0 Å². The van der Waals surface area contributed by atoms with Gasteiger partial charge in [-0.1, -0.05) is 43.3 Å². The SMILES string of the molecule is CC1C=c2ccccc2=CC1. The topological polar surface area (TPSA) is 0 Å². The molecule has 0 bridgehead atoms. The standard InChI is InChI=1S/C11H12/c1-9-6-7-10-4-2-3-5-11(10)8-9/h2-5,7-9H,6H2,1H3. The highest BCUT2D eigenvalue weighted by Crippen LogP contribution is 2.05. The van der Waals surface area contributed by atoms with Crippen molar-refractivity contribution in [3.05, 3.63) is 34.7 Å². The van der Waals surface area contributed by atoms with Gasteiger partial charge < -0.3 is 0 Å². The lowest BCUT2D eigenvalue weighted by Gasteiger charge is -2.06. The largest absolute Gasteiger partial charge is 0.0761 e. The first-order valence-corrected chi connectivity index (χ1v) is 4.13. The Labute approximate surface area is 66.9 Å². The van der Waals surface area contributed by atoms with Crippen molar-refractivity contribution >= 4 is 12.2 Å². The molecule has 0 N–H and O–H groups in total. The molecule has 1 atom stereocenters. The van der Waals surface area contributed by atoms with Crippen molar-refractivity contribution in [1.82, 2.24) is 0 Å². The van der Waals surface area contributed by atoms with Gasteiger partial charge in [0.15, 0.2) is 0 Å².